The Morgan fingerprint density at radius 1 is 0.726 bits per heavy atom. The molecular weight excluding hydrogens is 817 g/mol. The third-order valence-electron chi connectivity index (χ3n) is 12.8. The quantitative estimate of drug-likeness (QED) is 0.0854. The van der Waals surface area contributed by atoms with Gasteiger partial charge < -0.3 is 23.0 Å². The lowest BCUT2D eigenvalue weighted by Crippen LogP contribution is -2.37. The van der Waals surface area contributed by atoms with Crippen molar-refractivity contribution in [3.63, 3.8) is 0 Å². The van der Waals surface area contributed by atoms with Crippen LogP contribution in [0.5, 0.6) is 0 Å². The normalized spacial score (nSPS) is 19.3. The Hall–Kier alpha value is -4.17. The van der Waals surface area contributed by atoms with Gasteiger partial charge in [-0.05, 0) is 109 Å². The average Bonchev–Trinajstić information content (AvgIpc) is 3.51. The maximum Gasteiger partial charge on any atom is 0.209 e. The number of hydrogen-bond acceptors (Lipinski definition) is 7. The van der Waals surface area contributed by atoms with Crippen LogP contribution >= 0.6 is 0 Å². The van der Waals surface area contributed by atoms with E-state index in [2.05, 4.69) is 135 Å². The highest BCUT2D eigenvalue weighted by Crippen LogP contribution is 2.49. The molecule has 2 heterocycles. The fourth-order valence-corrected chi connectivity index (χ4v) is 10.4. The molecule has 2 aliphatic heterocycles. The van der Waals surface area contributed by atoms with E-state index in [9.17, 15) is 25.9 Å². The van der Waals surface area contributed by atoms with Crippen LogP contribution in [0.4, 0.5) is 11.4 Å². The molecule has 0 aromatic heterocycles. The predicted octanol–water partition coefficient (Wildman–Crippen LogP) is 8.43. The van der Waals surface area contributed by atoms with Crippen molar-refractivity contribution < 1.29 is 39.5 Å². The van der Waals surface area contributed by atoms with Gasteiger partial charge in [0.25, 0.3) is 0 Å². The molecule has 10 nitrogen and oxygen atoms in total. The minimum Gasteiger partial charge on any atom is -0.744 e. The fraction of sp³-hybridized carbons (Fsp3) is 0.460. The van der Waals surface area contributed by atoms with Gasteiger partial charge in [-0.25, -0.2) is 16.8 Å². The van der Waals surface area contributed by atoms with E-state index in [0.29, 0.717) is 0 Å². The van der Waals surface area contributed by atoms with Gasteiger partial charge in [-0.2, -0.15) is 4.58 Å². The Bertz CT molecular complexity index is 2600. The number of hydrogen-bond donors (Lipinski definition) is 0. The molecule has 0 unspecified atom stereocenters. The minimum atomic E-state index is -4.64. The lowest BCUT2D eigenvalue weighted by Gasteiger charge is -2.29. The molecule has 3 aliphatic rings. The summed E-state index contributed by atoms with van der Waals surface area (Å²) in [7, 11) is 3.79. The summed E-state index contributed by atoms with van der Waals surface area (Å²) in [6.07, 6.45) is 14.4. The Kier molecular flexibility index (Phi) is 13.3. The van der Waals surface area contributed by atoms with E-state index < -0.39 is 31.1 Å². The van der Waals surface area contributed by atoms with Gasteiger partial charge in [-0.15, -0.1) is 0 Å². The van der Waals surface area contributed by atoms with Crippen LogP contribution in [0.15, 0.2) is 112 Å². The number of quaternary nitrogens is 2. The first-order chi connectivity index (χ1) is 28.7. The van der Waals surface area contributed by atoms with Gasteiger partial charge in [0.15, 0.2) is 12.3 Å². The van der Waals surface area contributed by atoms with E-state index in [0.717, 1.165) is 113 Å². The van der Waals surface area contributed by atoms with Crippen LogP contribution < -0.4 is 4.90 Å². The number of allylic oxidation sites excluding steroid dienone is 8. The second kappa shape index (κ2) is 17.4. The first kappa shape index (κ1) is 47.3. The summed E-state index contributed by atoms with van der Waals surface area (Å²) in [5.74, 6) is 0. The third-order valence-corrected chi connectivity index (χ3v) is 14.5. The zero-order chi connectivity index (χ0) is 45.6. The molecule has 6 rings (SSSR count). The van der Waals surface area contributed by atoms with Crippen LogP contribution in [0.25, 0.3) is 5.57 Å². The Balaban J connectivity index is 1.49. The summed E-state index contributed by atoms with van der Waals surface area (Å²) in [4.78, 5) is 1.88. The van der Waals surface area contributed by atoms with Crippen molar-refractivity contribution in [1.82, 2.24) is 0 Å². The molecule has 0 atom stereocenters. The van der Waals surface area contributed by atoms with Crippen molar-refractivity contribution in [1.29, 1.82) is 0 Å². The number of nitrogens with zero attached hydrogens (tertiary/aromatic N) is 4. The van der Waals surface area contributed by atoms with E-state index in [1.165, 1.54) is 34.4 Å². The van der Waals surface area contributed by atoms with E-state index in [1.54, 1.807) is 24.3 Å². The van der Waals surface area contributed by atoms with Gasteiger partial charge in [0.1, 0.15) is 20.2 Å². The molecule has 0 saturated carbocycles. The first-order valence-corrected chi connectivity index (χ1v) is 24.7. The van der Waals surface area contributed by atoms with Crippen LogP contribution in [0, 0.1) is 0 Å². The van der Waals surface area contributed by atoms with Crippen molar-refractivity contribution in [3.05, 3.63) is 124 Å². The van der Waals surface area contributed by atoms with Crippen molar-refractivity contribution in [2.75, 3.05) is 73.4 Å². The smallest absolute Gasteiger partial charge is 0.209 e. The molecule has 1 aliphatic carbocycles. The molecule has 334 valence electrons. The number of fused-ring (bicyclic) bond motifs is 2. The highest BCUT2D eigenvalue weighted by molar-refractivity contribution is 7.86. The Labute approximate surface area is 372 Å². The van der Waals surface area contributed by atoms with E-state index in [-0.39, 0.29) is 9.79 Å². The third kappa shape index (κ3) is 10.3. The SMILES string of the molecule is CCc1ccc(C2=C(/C=C/C3=[N+](CCC[N+](C)(C)C)c4ccc(S(=O)(=O)[O-])cc4C3(C)C)CCC/C2=C\C=C2\N(CCC[N+](C)(C)C)c3ccc(S(=O)(=O)[O-])cc3C2(C)C)cc1. The molecule has 0 fully saturated rings. The van der Waals surface area contributed by atoms with Gasteiger partial charge in [0.05, 0.1) is 77.0 Å². The highest BCUT2D eigenvalue weighted by Gasteiger charge is 2.45. The number of anilines is 1. The van der Waals surface area contributed by atoms with Gasteiger partial charge in [0, 0.05) is 47.5 Å². The molecule has 0 spiro atoms. The molecule has 0 saturated heterocycles. The average molecular weight is 884 g/mol. The number of rotatable bonds is 15. The maximum absolute atomic E-state index is 12.2. The van der Waals surface area contributed by atoms with E-state index in [1.807, 2.05) is 0 Å². The Morgan fingerprint density at radius 3 is 1.92 bits per heavy atom. The second-order valence-corrected chi connectivity index (χ2v) is 23.1. The summed E-state index contributed by atoms with van der Waals surface area (Å²) < 4.78 is 77.1. The molecule has 3 aromatic carbocycles. The van der Waals surface area contributed by atoms with Crippen molar-refractivity contribution in [3.8, 4) is 0 Å². The standard InChI is InChI=1S/C50H67N4O6S2/c1-12-36-18-20-39(21-19-36)48-37(22-28-46-49(2,3)42-34-40(61(55,56)57)24-26-44(42)51(46)30-14-32-53(6,7)8)16-13-17-38(48)23-29-47-50(4,5)43-35-41(62(58,59)60)25-27-45(43)52(47)31-15-33-54(9,10)11/h18-29,34-35H,12-17,30-33H2,1-11H3/q+1. The zero-order valence-electron chi connectivity index (χ0n) is 38.7. The van der Waals surface area contributed by atoms with Gasteiger partial charge in [0.2, 0.25) is 5.69 Å². The predicted molar refractivity (Wildman–Crippen MR) is 249 cm³/mol. The van der Waals surface area contributed by atoms with Gasteiger partial charge in [-0.1, -0.05) is 57.2 Å². The van der Waals surface area contributed by atoms with Crippen molar-refractivity contribution >= 4 is 42.9 Å². The molecule has 0 amide bonds. The van der Waals surface area contributed by atoms with Crippen molar-refractivity contribution in [2.24, 2.45) is 0 Å². The minimum absolute atomic E-state index is 0.214. The van der Waals surface area contributed by atoms with Gasteiger partial charge >= 0.3 is 0 Å². The first-order valence-electron chi connectivity index (χ1n) is 21.9. The number of benzene rings is 3. The molecule has 0 N–H and O–H groups in total. The highest BCUT2D eigenvalue weighted by atomic mass is 32.2. The second-order valence-electron chi connectivity index (χ2n) is 20.3. The van der Waals surface area contributed by atoms with E-state index in [4.69, 9.17) is 0 Å². The molecule has 12 heteroatoms. The van der Waals surface area contributed by atoms with Crippen LogP contribution in [0.2, 0.25) is 0 Å². The largest absolute Gasteiger partial charge is 0.744 e. The maximum atomic E-state index is 12.2. The lowest BCUT2D eigenvalue weighted by molar-refractivity contribution is -0.871. The monoisotopic (exact) mass is 883 g/mol. The molecular formula is C50H67N4O6S2+. The summed E-state index contributed by atoms with van der Waals surface area (Å²) >= 11 is 0. The zero-order valence-corrected chi connectivity index (χ0v) is 40.3. The van der Waals surface area contributed by atoms with Crippen molar-refractivity contribution in [2.45, 2.75) is 93.8 Å². The van der Waals surface area contributed by atoms with Crippen LogP contribution in [0.3, 0.4) is 0 Å². The van der Waals surface area contributed by atoms with Gasteiger partial charge in [-0.3, -0.25) is 0 Å². The van der Waals surface area contributed by atoms with Crippen LogP contribution in [-0.2, 0) is 37.5 Å². The Morgan fingerprint density at radius 2 is 1.32 bits per heavy atom. The molecule has 0 radical (unpaired) electrons. The van der Waals surface area contributed by atoms with Crippen LogP contribution in [-0.4, -0.2) is 114 Å². The number of aryl methyl sites for hydroxylation is 1. The van der Waals surface area contributed by atoms with Crippen LogP contribution in [0.1, 0.15) is 89.0 Å². The lowest BCUT2D eigenvalue weighted by atomic mass is 9.79. The van der Waals surface area contributed by atoms with E-state index >= 15 is 0 Å². The topological polar surface area (TPSA) is 121 Å². The molecule has 3 aromatic rings. The summed E-state index contributed by atoms with van der Waals surface area (Å²) in [5, 5.41) is 0. The summed E-state index contributed by atoms with van der Waals surface area (Å²) in [5.41, 5.74) is 10.4. The molecule has 62 heavy (non-hydrogen) atoms. The summed E-state index contributed by atoms with van der Waals surface area (Å²) in [6, 6.07) is 18.4. The fourth-order valence-electron chi connectivity index (χ4n) is 9.40. The molecule has 0 bridgehead atoms. The summed E-state index contributed by atoms with van der Waals surface area (Å²) in [6.45, 7) is 14.0.